The number of aryl methyl sites for hydroxylation is 2. The highest BCUT2D eigenvalue weighted by molar-refractivity contribution is 5.97. The molecule has 1 aliphatic rings. The van der Waals surface area contributed by atoms with Crippen molar-refractivity contribution in [1.29, 1.82) is 0 Å². The minimum atomic E-state index is -0.823. The molecular formula is C16H20N4O5. The predicted molar refractivity (Wildman–Crippen MR) is 86.9 cm³/mol. The molecule has 0 radical (unpaired) electrons. The van der Waals surface area contributed by atoms with Crippen molar-refractivity contribution in [3.63, 3.8) is 0 Å². The van der Waals surface area contributed by atoms with E-state index in [2.05, 4.69) is 5.10 Å². The maximum atomic E-state index is 12.9. The Morgan fingerprint density at radius 1 is 1.60 bits per heavy atom. The molecule has 2 unspecified atom stereocenters. The number of hydrogen-bond donors (Lipinski definition) is 1. The minimum Gasteiger partial charge on any atom is -0.467 e. The molecule has 2 atom stereocenters. The summed E-state index contributed by atoms with van der Waals surface area (Å²) in [6, 6.07) is 3.17. The molecule has 0 aromatic carbocycles. The Bertz CT molecular complexity index is 783. The first-order valence-electron chi connectivity index (χ1n) is 8.10. The van der Waals surface area contributed by atoms with E-state index in [1.54, 1.807) is 17.0 Å². The molecule has 2 aromatic rings. The second-order valence-electron chi connectivity index (χ2n) is 6.22. The summed E-state index contributed by atoms with van der Waals surface area (Å²) in [4.78, 5) is 25.3. The van der Waals surface area contributed by atoms with Crippen LogP contribution in [0.4, 0.5) is 5.69 Å². The van der Waals surface area contributed by atoms with Crippen molar-refractivity contribution in [2.45, 2.75) is 38.3 Å². The average Bonchev–Trinajstić information content (AvgIpc) is 3.26. The number of aromatic nitrogens is 2. The third kappa shape index (κ3) is 3.14. The van der Waals surface area contributed by atoms with E-state index >= 15 is 0 Å². The molecule has 0 aliphatic carbocycles. The van der Waals surface area contributed by atoms with E-state index < -0.39 is 16.9 Å². The number of aliphatic hydroxyl groups is 1. The summed E-state index contributed by atoms with van der Waals surface area (Å²) in [6.07, 6.45) is 2.50. The lowest BCUT2D eigenvalue weighted by atomic mass is 10.0. The van der Waals surface area contributed by atoms with E-state index in [9.17, 15) is 20.0 Å². The lowest BCUT2D eigenvalue weighted by Crippen LogP contribution is -2.37. The van der Waals surface area contributed by atoms with Crippen molar-refractivity contribution in [2.24, 2.45) is 7.05 Å². The summed E-state index contributed by atoms with van der Waals surface area (Å²) in [5, 5.41) is 25.6. The van der Waals surface area contributed by atoms with Crippen molar-refractivity contribution in [3.8, 4) is 0 Å². The normalized spacial score (nSPS) is 18.5. The number of furan rings is 1. The van der Waals surface area contributed by atoms with Crippen LogP contribution in [-0.2, 0) is 7.05 Å². The molecule has 9 heteroatoms. The summed E-state index contributed by atoms with van der Waals surface area (Å²) < 4.78 is 6.46. The maximum absolute atomic E-state index is 12.9. The van der Waals surface area contributed by atoms with Gasteiger partial charge in [0, 0.05) is 26.1 Å². The number of likely N-dealkylation sites (tertiary alicyclic amines) is 1. The molecule has 1 amide bonds. The van der Waals surface area contributed by atoms with Crippen LogP contribution in [0.1, 0.15) is 47.3 Å². The van der Waals surface area contributed by atoms with Crippen LogP contribution in [0.3, 0.4) is 0 Å². The number of aliphatic hydroxyl groups excluding tert-OH is 1. The number of hydrogen-bond acceptors (Lipinski definition) is 6. The van der Waals surface area contributed by atoms with Gasteiger partial charge in [-0.1, -0.05) is 0 Å². The predicted octanol–water partition coefficient (Wildman–Crippen LogP) is 1.96. The number of nitro groups is 1. The first-order chi connectivity index (χ1) is 11.9. The topological polar surface area (TPSA) is 115 Å². The summed E-state index contributed by atoms with van der Waals surface area (Å²) in [5.41, 5.74) is -0.0751. The Labute approximate surface area is 144 Å². The molecule has 9 nitrogen and oxygen atoms in total. The summed E-state index contributed by atoms with van der Waals surface area (Å²) in [6.45, 7) is 2.01. The monoisotopic (exact) mass is 348 g/mol. The smallest absolute Gasteiger partial charge is 0.322 e. The number of carbonyl (C=O) groups is 1. The van der Waals surface area contributed by atoms with Crippen LogP contribution in [0.25, 0.3) is 0 Å². The Hall–Kier alpha value is -2.68. The van der Waals surface area contributed by atoms with Gasteiger partial charge in [-0.25, -0.2) is 0 Å². The first-order valence-corrected chi connectivity index (χ1v) is 8.10. The number of rotatable bonds is 5. The molecule has 2 aromatic heterocycles. The van der Waals surface area contributed by atoms with Crippen LogP contribution in [0.15, 0.2) is 22.8 Å². The zero-order chi connectivity index (χ0) is 18.1. The number of nitrogens with zero attached hydrogens (tertiary/aromatic N) is 4. The fourth-order valence-electron chi connectivity index (χ4n) is 3.44. The van der Waals surface area contributed by atoms with E-state index in [0.29, 0.717) is 18.7 Å². The second-order valence-corrected chi connectivity index (χ2v) is 6.22. The Morgan fingerprint density at radius 2 is 2.36 bits per heavy atom. The Kier molecular flexibility index (Phi) is 4.58. The summed E-state index contributed by atoms with van der Waals surface area (Å²) in [5.74, 6) is 0.0191. The second kappa shape index (κ2) is 6.67. The molecule has 25 heavy (non-hydrogen) atoms. The molecule has 3 heterocycles. The lowest BCUT2D eigenvalue weighted by Gasteiger charge is -2.25. The Balaban J connectivity index is 1.83. The van der Waals surface area contributed by atoms with Crippen LogP contribution < -0.4 is 0 Å². The minimum absolute atomic E-state index is 0.0260. The van der Waals surface area contributed by atoms with Gasteiger partial charge in [-0.3, -0.25) is 19.6 Å². The third-order valence-corrected chi connectivity index (χ3v) is 4.58. The largest absolute Gasteiger partial charge is 0.467 e. The van der Waals surface area contributed by atoms with Crippen LogP contribution in [-0.4, -0.2) is 43.2 Å². The molecule has 1 saturated heterocycles. The van der Waals surface area contributed by atoms with Gasteiger partial charge in [0.2, 0.25) is 5.69 Å². The maximum Gasteiger partial charge on any atom is 0.322 e. The Morgan fingerprint density at radius 3 is 3.00 bits per heavy atom. The van der Waals surface area contributed by atoms with Gasteiger partial charge in [0.25, 0.3) is 5.91 Å². The fourth-order valence-corrected chi connectivity index (χ4v) is 3.44. The molecule has 134 valence electrons. The summed E-state index contributed by atoms with van der Waals surface area (Å²) >= 11 is 0. The van der Waals surface area contributed by atoms with Gasteiger partial charge in [-0.2, -0.15) is 5.10 Å². The zero-order valence-electron chi connectivity index (χ0n) is 14.1. The zero-order valence-corrected chi connectivity index (χ0v) is 14.1. The van der Waals surface area contributed by atoms with E-state index in [1.165, 1.54) is 24.9 Å². The highest BCUT2D eigenvalue weighted by Gasteiger charge is 2.37. The van der Waals surface area contributed by atoms with Gasteiger partial charge < -0.3 is 14.4 Å². The third-order valence-electron chi connectivity index (χ3n) is 4.58. The quantitative estimate of drug-likeness (QED) is 0.652. The van der Waals surface area contributed by atoms with Crippen molar-refractivity contribution < 1.29 is 19.2 Å². The van der Waals surface area contributed by atoms with Gasteiger partial charge in [0.1, 0.15) is 17.6 Å². The number of amides is 1. The van der Waals surface area contributed by atoms with Crippen LogP contribution in [0, 0.1) is 17.0 Å². The summed E-state index contributed by atoms with van der Waals surface area (Å²) in [7, 11) is 1.52. The lowest BCUT2D eigenvalue weighted by molar-refractivity contribution is -0.385. The SMILES string of the molecule is Cc1nn(C)c(C(=O)N2CCCC2CC(O)c2ccco2)c1[N+](=O)[O-]. The van der Waals surface area contributed by atoms with E-state index in [-0.39, 0.29) is 23.1 Å². The highest BCUT2D eigenvalue weighted by atomic mass is 16.6. The molecule has 3 rings (SSSR count). The molecule has 0 saturated carbocycles. The molecular weight excluding hydrogens is 328 g/mol. The van der Waals surface area contributed by atoms with Crippen LogP contribution in [0.5, 0.6) is 0 Å². The standard InChI is InChI=1S/C16H20N4O5/c1-10-14(20(23)24)15(18(2)17-10)16(22)19-7-3-5-11(19)9-12(21)13-6-4-8-25-13/h4,6,8,11-12,21H,3,5,7,9H2,1-2H3. The molecule has 0 bridgehead atoms. The number of carbonyl (C=O) groups excluding carboxylic acids is 1. The van der Waals surface area contributed by atoms with Crippen molar-refractivity contribution >= 4 is 11.6 Å². The molecule has 1 N–H and O–H groups in total. The van der Waals surface area contributed by atoms with E-state index in [4.69, 9.17) is 4.42 Å². The highest BCUT2D eigenvalue weighted by Crippen LogP contribution is 2.31. The first kappa shape index (κ1) is 17.2. The molecule has 1 fully saturated rings. The molecule has 1 aliphatic heterocycles. The van der Waals surface area contributed by atoms with E-state index in [1.807, 2.05) is 0 Å². The van der Waals surface area contributed by atoms with Crippen molar-refractivity contribution in [2.75, 3.05) is 6.54 Å². The van der Waals surface area contributed by atoms with Crippen molar-refractivity contribution in [1.82, 2.24) is 14.7 Å². The van der Waals surface area contributed by atoms with Crippen molar-refractivity contribution in [3.05, 3.63) is 45.7 Å². The van der Waals surface area contributed by atoms with Crippen LogP contribution >= 0.6 is 0 Å². The fraction of sp³-hybridized carbons (Fsp3) is 0.500. The van der Waals surface area contributed by atoms with Gasteiger partial charge in [0.05, 0.1) is 11.2 Å². The van der Waals surface area contributed by atoms with Gasteiger partial charge >= 0.3 is 5.69 Å². The van der Waals surface area contributed by atoms with Gasteiger partial charge in [-0.05, 0) is 31.9 Å². The average molecular weight is 348 g/mol. The molecule has 0 spiro atoms. The van der Waals surface area contributed by atoms with Crippen LogP contribution in [0.2, 0.25) is 0 Å². The van der Waals surface area contributed by atoms with Gasteiger partial charge in [-0.15, -0.1) is 0 Å². The van der Waals surface area contributed by atoms with E-state index in [0.717, 1.165) is 12.8 Å². The van der Waals surface area contributed by atoms with Gasteiger partial charge in [0.15, 0.2) is 0 Å².